The number of amides is 1. The molecule has 1 saturated heterocycles. The highest BCUT2D eigenvalue weighted by molar-refractivity contribution is 5.95. The maximum absolute atomic E-state index is 14.1. The number of nitro groups is 1. The lowest BCUT2D eigenvalue weighted by atomic mass is 10.0. The predicted octanol–water partition coefficient (Wildman–Crippen LogP) is 2.29. The van der Waals surface area contributed by atoms with Gasteiger partial charge in [-0.15, -0.1) is 0 Å². The third kappa shape index (κ3) is 3.18. The zero-order valence-corrected chi connectivity index (χ0v) is 12.0. The van der Waals surface area contributed by atoms with Gasteiger partial charge in [-0.05, 0) is 25.3 Å². The molecule has 0 aliphatic carbocycles. The fourth-order valence-electron chi connectivity index (χ4n) is 2.50. The summed E-state index contributed by atoms with van der Waals surface area (Å²) in [7, 11) is 1.57. The van der Waals surface area contributed by atoms with Crippen LogP contribution in [0.2, 0.25) is 0 Å². The zero-order valence-electron chi connectivity index (χ0n) is 12.0. The lowest BCUT2D eigenvalue weighted by molar-refractivity contribution is -0.385. The summed E-state index contributed by atoms with van der Waals surface area (Å²) in [6.45, 7) is 2.28. The van der Waals surface area contributed by atoms with Gasteiger partial charge >= 0.3 is 0 Å². The van der Waals surface area contributed by atoms with E-state index in [2.05, 4.69) is 0 Å². The normalized spacial score (nSPS) is 18.6. The Bertz CT molecular complexity index is 576. The van der Waals surface area contributed by atoms with Crippen molar-refractivity contribution in [2.24, 2.45) is 0 Å². The molecule has 21 heavy (non-hydrogen) atoms. The van der Waals surface area contributed by atoms with Crippen molar-refractivity contribution in [2.75, 3.05) is 20.2 Å². The second kappa shape index (κ2) is 6.17. The monoisotopic (exact) mass is 296 g/mol. The summed E-state index contributed by atoms with van der Waals surface area (Å²) in [5, 5.41) is 10.9. The first kappa shape index (κ1) is 15.4. The third-order valence-electron chi connectivity index (χ3n) is 3.68. The van der Waals surface area contributed by atoms with Crippen LogP contribution in [0, 0.1) is 22.9 Å². The molecule has 0 aromatic heterocycles. The van der Waals surface area contributed by atoms with Crippen LogP contribution in [0.25, 0.3) is 0 Å². The minimum Gasteiger partial charge on any atom is -0.380 e. The number of halogens is 1. The number of nitrogens with zero attached hydrogens (tertiary/aromatic N) is 2. The standard InChI is InChI=1S/C14H17FN2O4/c1-9-6-10(17(19)20)7-12(13(9)15)14(18)16-5-3-4-11(8-16)21-2/h6-7,11H,3-5,8H2,1-2H3. The van der Waals surface area contributed by atoms with E-state index in [9.17, 15) is 19.3 Å². The molecular weight excluding hydrogens is 279 g/mol. The van der Waals surface area contributed by atoms with Crippen LogP contribution in [-0.2, 0) is 4.74 Å². The van der Waals surface area contributed by atoms with Gasteiger partial charge in [0.15, 0.2) is 0 Å². The van der Waals surface area contributed by atoms with Crippen LogP contribution in [0.1, 0.15) is 28.8 Å². The lowest BCUT2D eigenvalue weighted by Crippen LogP contribution is -2.43. The number of nitro benzene ring substituents is 1. The van der Waals surface area contributed by atoms with Crippen molar-refractivity contribution in [3.05, 3.63) is 39.2 Å². The molecule has 1 atom stereocenters. The second-order valence-electron chi connectivity index (χ2n) is 5.13. The number of rotatable bonds is 3. The van der Waals surface area contributed by atoms with Crippen molar-refractivity contribution < 1.29 is 18.8 Å². The van der Waals surface area contributed by atoms with E-state index in [4.69, 9.17) is 4.74 Å². The molecule has 1 unspecified atom stereocenters. The van der Waals surface area contributed by atoms with Gasteiger partial charge in [0.1, 0.15) is 5.82 Å². The Morgan fingerprint density at radius 3 is 2.86 bits per heavy atom. The number of hydrogen-bond donors (Lipinski definition) is 0. The molecule has 2 rings (SSSR count). The van der Waals surface area contributed by atoms with Crippen molar-refractivity contribution in [3.8, 4) is 0 Å². The number of likely N-dealkylation sites (tertiary alicyclic amines) is 1. The average Bonchev–Trinajstić information content (AvgIpc) is 2.49. The number of piperidine rings is 1. The lowest BCUT2D eigenvalue weighted by Gasteiger charge is -2.32. The molecule has 1 aliphatic heterocycles. The van der Waals surface area contributed by atoms with Crippen molar-refractivity contribution in [1.82, 2.24) is 4.90 Å². The number of benzene rings is 1. The molecule has 1 heterocycles. The summed E-state index contributed by atoms with van der Waals surface area (Å²) in [5.74, 6) is -1.23. The van der Waals surface area contributed by atoms with Crippen LogP contribution in [-0.4, -0.2) is 42.0 Å². The van der Waals surface area contributed by atoms with Gasteiger partial charge < -0.3 is 9.64 Å². The molecule has 0 radical (unpaired) electrons. The quantitative estimate of drug-likeness (QED) is 0.633. The average molecular weight is 296 g/mol. The molecule has 0 spiro atoms. The van der Waals surface area contributed by atoms with Crippen molar-refractivity contribution in [3.63, 3.8) is 0 Å². The Labute approximate surface area is 121 Å². The first-order valence-corrected chi connectivity index (χ1v) is 6.70. The summed E-state index contributed by atoms with van der Waals surface area (Å²) in [6.07, 6.45) is 1.53. The second-order valence-corrected chi connectivity index (χ2v) is 5.13. The van der Waals surface area contributed by atoms with Gasteiger partial charge in [0.2, 0.25) is 0 Å². The van der Waals surface area contributed by atoms with Gasteiger partial charge in [0.05, 0.1) is 16.6 Å². The molecule has 1 aliphatic rings. The Kier molecular flexibility index (Phi) is 4.52. The van der Waals surface area contributed by atoms with Crippen molar-refractivity contribution in [1.29, 1.82) is 0 Å². The minimum atomic E-state index is -0.704. The number of hydrogen-bond acceptors (Lipinski definition) is 4. The first-order valence-electron chi connectivity index (χ1n) is 6.70. The largest absolute Gasteiger partial charge is 0.380 e. The fourth-order valence-corrected chi connectivity index (χ4v) is 2.50. The molecule has 0 N–H and O–H groups in total. The summed E-state index contributed by atoms with van der Waals surface area (Å²) in [5.41, 5.74) is -0.441. The molecule has 1 aromatic carbocycles. The molecule has 0 saturated carbocycles. The number of aryl methyl sites for hydroxylation is 1. The van der Waals surface area contributed by atoms with Gasteiger partial charge in [-0.3, -0.25) is 14.9 Å². The molecule has 0 bridgehead atoms. The van der Waals surface area contributed by atoms with E-state index in [-0.39, 0.29) is 22.9 Å². The summed E-state index contributed by atoms with van der Waals surface area (Å²) in [4.78, 5) is 24.1. The Balaban J connectivity index is 2.32. The molecule has 114 valence electrons. The molecule has 7 heteroatoms. The predicted molar refractivity (Wildman–Crippen MR) is 73.7 cm³/mol. The minimum absolute atomic E-state index is 0.0782. The van der Waals surface area contributed by atoms with Crippen molar-refractivity contribution >= 4 is 11.6 Å². The van der Waals surface area contributed by atoms with Gasteiger partial charge in [-0.25, -0.2) is 4.39 Å². The van der Waals surface area contributed by atoms with Crippen LogP contribution in [0.15, 0.2) is 12.1 Å². The Morgan fingerprint density at radius 1 is 1.52 bits per heavy atom. The Morgan fingerprint density at radius 2 is 2.24 bits per heavy atom. The van der Waals surface area contributed by atoms with E-state index in [0.717, 1.165) is 25.0 Å². The Hall–Kier alpha value is -2.02. The van der Waals surface area contributed by atoms with Gasteiger partial charge in [0, 0.05) is 32.3 Å². The summed E-state index contributed by atoms with van der Waals surface area (Å²) in [6, 6.07) is 2.13. The summed E-state index contributed by atoms with van der Waals surface area (Å²) < 4.78 is 19.4. The van der Waals surface area contributed by atoms with Gasteiger partial charge in [-0.2, -0.15) is 0 Å². The van der Waals surface area contributed by atoms with E-state index in [1.54, 1.807) is 7.11 Å². The molecule has 1 fully saturated rings. The van der Waals surface area contributed by atoms with Crippen LogP contribution in [0.3, 0.4) is 0 Å². The number of methoxy groups -OCH3 is 1. The van der Waals surface area contributed by atoms with Crippen LogP contribution < -0.4 is 0 Å². The molecular formula is C14H17FN2O4. The van der Waals surface area contributed by atoms with E-state index in [1.807, 2.05) is 0 Å². The topological polar surface area (TPSA) is 72.7 Å². The number of carbonyl (C=O) groups is 1. The zero-order chi connectivity index (χ0) is 15.6. The molecule has 6 nitrogen and oxygen atoms in total. The summed E-state index contributed by atoms with van der Waals surface area (Å²) >= 11 is 0. The number of carbonyl (C=O) groups excluding carboxylic acids is 1. The number of non-ortho nitro benzene ring substituents is 1. The number of ether oxygens (including phenoxy) is 1. The van der Waals surface area contributed by atoms with Gasteiger partial charge in [-0.1, -0.05) is 0 Å². The van der Waals surface area contributed by atoms with E-state index < -0.39 is 16.6 Å². The van der Waals surface area contributed by atoms with Crippen LogP contribution in [0.5, 0.6) is 0 Å². The maximum atomic E-state index is 14.1. The maximum Gasteiger partial charge on any atom is 0.270 e. The van der Waals surface area contributed by atoms with E-state index >= 15 is 0 Å². The highest BCUT2D eigenvalue weighted by Gasteiger charge is 2.28. The molecule has 1 aromatic rings. The van der Waals surface area contributed by atoms with Crippen LogP contribution in [0.4, 0.5) is 10.1 Å². The van der Waals surface area contributed by atoms with E-state index in [1.165, 1.54) is 11.8 Å². The SMILES string of the molecule is COC1CCCN(C(=O)c2cc([N+](=O)[O-])cc(C)c2F)C1. The smallest absolute Gasteiger partial charge is 0.270 e. The fraction of sp³-hybridized carbons (Fsp3) is 0.500. The third-order valence-corrected chi connectivity index (χ3v) is 3.68. The van der Waals surface area contributed by atoms with E-state index in [0.29, 0.717) is 13.1 Å². The first-order chi connectivity index (χ1) is 9.93. The highest BCUT2D eigenvalue weighted by atomic mass is 19.1. The van der Waals surface area contributed by atoms with Gasteiger partial charge in [0.25, 0.3) is 11.6 Å². The van der Waals surface area contributed by atoms with Crippen molar-refractivity contribution in [2.45, 2.75) is 25.9 Å². The molecule has 1 amide bonds. The van der Waals surface area contributed by atoms with Crippen LogP contribution >= 0.6 is 0 Å². The highest BCUT2D eigenvalue weighted by Crippen LogP contribution is 2.24.